The summed E-state index contributed by atoms with van der Waals surface area (Å²) in [7, 11) is 0. The molecule has 0 aliphatic rings. The second-order valence-corrected chi connectivity index (χ2v) is 4.04. The molecule has 1 aromatic rings. The minimum absolute atomic E-state index is 0.196. The van der Waals surface area contributed by atoms with Gasteiger partial charge in [-0.25, -0.2) is 0 Å². The monoisotopic (exact) mass is 222 g/mol. The predicted octanol–water partition coefficient (Wildman–Crippen LogP) is 2.97. The van der Waals surface area contributed by atoms with Crippen molar-refractivity contribution in [2.24, 2.45) is 0 Å². The SMILES string of the molecule is CCCCOCCC(CO)c1ccccc1. The summed E-state index contributed by atoms with van der Waals surface area (Å²) in [5.41, 5.74) is 1.20. The maximum Gasteiger partial charge on any atom is 0.0500 e. The zero-order valence-corrected chi connectivity index (χ0v) is 10.1. The lowest BCUT2D eigenvalue weighted by Crippen LogP contribution is -2.08. The van der Waals surface area contributed by atoms with Crippen LogP contribution in [0.1, 0.15) is 37.7 Å². The first-order valence-corrected chi connectivity index (χ1v) is 6.12. The van der Waals surface area contributed by atoms with Crippen molar-refractivity contribution in [1.29, 1.82) is 0 Å². The van der Waals surface area contributed by atoms with Gasteiger partial charge < -0.3 is 9.84 Å². The third-order valence-electron chi connectivity index (χ3n) is 2.74. The van der Waals surface area contributed by atoms with Crippen molar-refractivity contribution in [3.05, 3.63) is 35.9 Å². The fraction of sp³-hybridized carbons (Fsp3) is 0.571. The Labute approximate surface area is 98.3 Å². The van der Waals surface area contributed by atoms with E-state index in [4.69, 9.17) is 4.74 Å². The lowest BCUT2D eigenvalue weighted by molar-refractivity contribution is 0.116. The molecule has 0 aromatic heterocycles. The molecule has 2 nitrogen and oxygen atoms in total. The zero-order valence-electron chi connectivity index (χ0n) is 10.1. The van der Waals surface area contributed by atoms with Gasteiger partial charge >= 0.3 is 0 Å². The second-order valence-electron chi connectivity index (χ2n) is 4.04. The number of hydrogen-bond acceptors (Lipinski definition) is 2. The minimum atomic E-state index is 0.196. The smallest absolute Gasteiger partial charge is 0.0500 e. The molecule has 16 heavy (non-hydrogen) atoms. The van der Waals surface area contributed by atoms with Gasteiger partial charge in [-0.05, 0) is 18.4 Å². The summed E-state index contributed by atoms with van der Waals surface area (Å²) in [4.78, 5) is 0. The van der Waals surface area contributed by atoms with Crippen LogP contribution in [0.5, 0.6) is 0 Å². The number of benzene rings is 1. The van der Waals surface area contributed by atoms with E-state index in [0.29, 0.717) is 0 Å². The summed E-state index contributed by atoms with van der Waals surface area (Å²) >= 11 is 0. The summed E-state index contributed by atoms with van der Waals surface area (Å²) in [6.45, 7) is 3.93. The van der Waals surface area contributed by atoms with E-state index in [2.05, 4.69) is 19.1 Å². The number of aliphatic hydroxyl groups is 1. The highest BCUT2D eigenvalue weighted by Gasteiger charge is 2.09. The van der Waals surface area contributed by atoms with Crippen molar-refractivity contribution in [3.8, 4) is 0 Å². The second kappa shape index (κ2) is 8.31. The van der Waals surface area contributed by atoms with Gasteiger partial charge in [0, 0.05) is 19.1 Å². The summed E-state index contributed by atoms with van der Waals surface area (Å²) in [5.74, 6) is 0.211. The molecule has 0 aliphatic heterocycles. The molecule has 90 valence electrons. The van der Waals surface area contributed by atoms with Gasteiger partial charge in [-0.2, -0.15) is 0 Å². The first-order chi connectivity index (χ1) is 7.88. The van der Waals surface area contributed by atoms with E-state index in [1.165, 1.54) is 12.0 Å². The van der Waals surface area contributed by atoms with Crippen LogP contribution in [0.4, 0.5) is 0 Å². The van der Waals surface area contributed by atoms with E-state index in [0.717, 1.165) is 26.1 Å². The van der Waals surface area contributed by atoms with Crippen LogP contribution in [-0.4, -0.2) is 24.9 Å². The van der Waals surface area contributed by atoms with E-state index in [9.17, 15) is 5.11 Å². The highest BCUT2D eigenvalue weighted by molar-refractivity contribution is 5.19. The normalized spacial score (nSPS) is 12.6. The van der Waals surface area contributed by atoms with Gasteiger partial charge in [-0.3, -0.25) is 0 Å². The van der Waals surface area contributed by atoms with Crippen molar-refractivity contribution in [3.63, 3.8) is 0 Å². The van der Waals surface area contributed by atoms with Gasteiger partial charge in [0.2, 0.25) is 0 Å². The van der Waals surface area contributed by atoms with Crippen LogP contribution < -0.4 is 0 Å². The van der Waals surface area contributed by atoms with Crippen LogP contribution >= 0.6 is 0 Å². The first kappa shape index (κ1) is 13.2. The molecule has 0 bridgehead atoms. The molecule has 0 radical (unpaired) electrons. The summed E-state index contributed by atoms with van der Waals surface area (Å²) in [6, 6.07) is 10.1. The summed E-state index contributed by atoms with van der Waals surface area (Å²) in [6.07, 6.45) is 3.18. The van der Waals surface area contributed by atoms with Gasteiger partial charge in [0.1, 0.15) is 0 Å². The van der Waals surface area contributed by atoms with Crippen molar-refractivity contribution in [2.45, 2.75) is 32.1 Å². The maximum absolute atomic E-state index is 9.33. The average Bonchev–Trinajstić information content (AvgIpc) is 2.35. The number of hydrogen-bond donors (Lipinski definition) is 1. The molecule has 2 heteroatoms. The topological polar surface area (TPSA) is 29.5 Å². The number of unbranched alkanes of at least 4 members (excludes halogenated alkanes) is 1. The molecular formula is C14H22O2. The molecule has 1 N–H and O–H groups in total. The highest BCUT2D eigenvalue weighted by Crippen LogP contribution is 2.18. The summed E-state index contributed by atoms with van der Waals surface area (Å²) < 4.78 is 5.52. The summed E-state index contributed by atoms with van der Waals surface area (Å²) in [5, 5.41) is 9.33. The average molecular weight is 222 g/mol. The Hall–Kier alpha value is -0.860. The van der Waals surface area contributed by atoms with Gasteiger partial charge in [0.05, 0.1) is 6.61 Å². The zero-order chi connectivity index (χ0) is 11.6. The van der Waals surface area contributed by atoms with E-state index in [-0.39, 0.29) is 12.5 Å². The van der Waals surface area contributed by atoms with Crippen molar-refractivity contribution < 1.29 is 9.84 Å². The fourth-order valence-corrected chi connectivity index (χ4v) is 1.66. The Morgan fingerprint density at radius 2 is 1.94 bits per heavy atom. The third kappa shape index (κ3) is 4.77. The van der Waals surface area contributed by atoms with Crippen molar-refractivity contribution in [2.75, 3.05) is 19.8 Å². The maximum atomic E-state index is 9.33. The van der Waals surface area contributed by atoms with Gasteiger partial charge in [0.15, 0.2) is 0 Å². The fourth-order valence-electron chi connectivity index (χ4n) is 1.66. The quantitative estimate of drug-likeness (QED) is 0.685. The molecule has 1 aromatic carbocycles. The minimum Gasteiger partial charge on any atom is -0.396 e. The number of rotatable bonds is 8. The van der Waals surface area contributed by atoms with Crippen molar-refractivity contribution >= 4 is 0 Å². The Balaban J connectivity index is 2.27. The standard InChI is InChI=1S/C14H22O2/c1-2-3-10-16-11-9-14(12-15)13-7-5-4-6-8-13/h4-8,14-15H,2-3,9-12H2,1H3. The van der Waals surface area contributed by atoms with Gasteiger partial charge in [-0.15, -0.1) is 0 Å². The van der Waals surface area contributed by atoms with Crippen LogP contribution in [-0.2, 0) is 4.74 Å². The molecule has 0 saturated carbocycles. The van der Waals surface area contributed by atoms with E-state index >= 15 is 0 Å². The molecule has 0 spiro atoms. The van der Waals surface area contributed by atoms with Crippen LogP contribution in [0, 0.1) is 0 Å². The van der Waals surface area contributed by atoms with Crippen LogP contribution in [0.15, 0.2) is 30.3 Å². The Morgan fingerprint density at radius 1 is 1.19 bits per heavy atom. The van der Waals surface area contributed by atoms with E-state index in [1.807, 2.05) is 18.2 Å². The highest BCUT2D eigenvalue weighted by atomic mass is 16.5. The van der Waals surface area contributed by atoms with Crippen LogP contribution in [0.2, 0.25) is 0 Å². The number of ether oxygens (including phenoxy) is 1. The Bertz CT molecular complexity index is 259. The molecule has 1 unspecified atom stereocenters. The predicted molar refractivity (Wildman–Crippen MR) is 66.6 cm³/mol. The number of aliphatic hydroxyl groups excluding tert-OH is 1. The molecular weight excluding hydrogens is 200 g/mol. The van der Waals surface area contributed by atoms with Crippen LogP contribution in [0.25, 0.3) is 0 Å². The van der Waals surface area contributed by atoms with E-state index < -0.39 is 0 Å². The lowest BCUT2D eigenvalue weighted by atomic mass is 9.97. The molecule has 0 heterocycles. The van der Waals surface area contributed by atoms with Crippen molar-refractivity contribution in [1.82, 2.24) is 0 Å². The Kier molecular flexibility index (Phi) is 6.86. The molecule has 0 saturated heterocycles. The lowest BCUT2D eigenvalue weighted by Gasteiger charge is -2.14. The first-order valence-electron chi connectivity index (χ1n) is 6.12. The molecule has 0 aliphatic carbocycles. The molecule has 0 fully saturated rings. The van der Waals surface area contributed by atoms with Gasteiger partial charge in [0.25, 0.3) is 0 Å². The Morgan fingerprint density at radius 3 is 2.56 bits per heavy atom. The van der Waals surface area contributed by atoms with E-state index in [1.54, 1.807) is 0 Å². The van der Waals surface area contributed by atoms with Gasteiger partial charge in [-0.1, -0.05) is 43.7 Å². The molecule has 1 rings (SSSR count). The largest absolute Gasteiger partial charge is 0.396 e. The third-order valence-corrected chi connectivity index (χ3v) is 2.74. The molecule has 1 atom stereocenters. The molecule has 0 amide bonds. The van der Waals surface area contributed by atoms with Crippen LogP contribution in [0.3, 0.4) is 0 Å².